The average molecular weight is 272 g/mol. The monoisotopic (exact) mass is 272 g/mol. The molecule has 20 heavy (non-hydrogen) atoms. The van der Waals surface area contributed by atoms with Gasteiger partial charge in [-0.1, -0.05) is 19.3 Å². The van der Waals surface area contributed by atoms with Crippen LogP contribution >= 0.6 is 0 Å². The zero-order valence-electron chi connectivity index (χ0n) is 11.1. The second-order valence-corrected chi connectivity index (χ2v) is 4.93. The maximum Gasteiger partial charge on any atom is 0.228 e. The van der Waals surface area contributed by atoms with E-state index in [9.17, 15) is 4.79 Å². The highest BCUT2D eigenvalue weighted by Crippen LogP contribution is 2.24. The van der Waals surface area contributed by atoms with Gasteiger partial charge in [0.2, 0.25) is 5.91 Å². The number of nitrogens with zero attached hydrogens (tertiary/aromatic N) is 5. The Balaban J connectivity index is 1.71. The van der Waals surface area contributed by atoms with Crippen LogP contribution in [0.15, 0.2) is 25.0 Å². The van der Waals surface area contributed by atoms with E-state index in [0.29, 0.717) is 11.6 Å². The van der Waals surface area contributed by atoms with Crippen LogP contribution in [-0.4, -0.2) is 30.6 Å². The predicted molar refractivity (Wildman–Crippen MR) is 72.2 cm³/mol. The lowest BCUT2D eigenvalue weighted by atomic mass is 9.89. The lowest BCUT2D eigenvalue weighted by molar-refractivity contribution is -0.120. The fourth-order valence-corrected chi connectivity index (χ4v) is 2.46. The zero-order valence-corrected chi connectivity index (χ0v) is 11.1. The van der Waals surface area contributed by atoms with Crippen molar-refractivity contribution in [1.29, 1.82) is 0 Å². The lowest BCUT2D eigenvalue weighted by Crippen LogP contribution is -2.25. The first-order valence-electron chi connectivity index (χ1n) is 6.81. The summed E-state index contributed by atoms with van der Waals surface area (Å²) in [6.07, 6.45) is 9.82. The summed E-state index contributed by atoms with van der Waals surface area (Å²) in [5, 5.41) is 6.86. The van der Waals surface area contributed by atoms with Gasteiger partial charge in [0.05, 0.1) is 0 Å². The molecule has 2 heterocycles. The van der Waals surface area contributed by atoms with Gasteiger partial charge in [0, 0.05) is 12.0 Å². The maximum atomic E-state index is 12.2. The molecule has 1 fully saturated rings. The van der Waals surface area contributed by atoms with Gasteiger partial charge in [0.1, 0.15) is 24.8 Å². The standard InChI is InChI=1S/C13H16N6O/c20-13(10-4-2-1-3-5-10)18-11-6-12(16-8-15-11)19-9-14-7-17-19/h6-10H,1-5H2,(H,15,16,18,20). The number of carbonyl (C=O) groups is 1. The van der Waals surface area contributed by atoms with Gasteiger partial charge in [-0.3, -0.25) is 4.79 Å². The summed E-state index contributed by atoms with van der Waals surface area (Å²) < 4.78 is 1.53. The van der Waals surface area contributed by atoms with Gasteiger partial charge in [0.15, 0.2) is 5.82 Å². The second-order valence-electron chi connectivity index (χ2n) is 4.93. The van der Waals surface area contributed by atoms with E-state index in [1.54, 1.807) is 12.4 Å². The largest absolute Gasteiger partial charge is 0.310 e. The number of amides is 1. The van der Waals surface area contributed by atoms with Crippen molar-refractivity contribution in [1.82, 2.24) is 24.7 Å². The maximum absolute atomic E-state index is 12.2. The molecule has 1 aliphatic carbocycles. The predicted octanol–water partition coefficient (Wildman–Crippen LogP) is 1.58. The molecule has 0 aliphatic heterocycles. The van der Waals surface area contributed by atoms with Crippen molar-refractivity contribution in [2.45, 2.75) is 32.1 Å². The smallest absolute Gasteiger partial charge is 0.228 e. The van der Waals surface area contributed by atoms with Crippen LogP contribution in [0, 0.1) is 5.92 Å². The topological polar surface area (TPSA) is 85.6 Å². The van der Waals surface area contributed by atoms with Gasteiger partial charge < -0.3 is 5.32 Å². The van der Waals surface area contributed by atoms with E-state index in [2.05, 4.69) is 25.4 Å². The Labute approximate surface area is 116 Å². The molecule has 3 rings (SSSR count). The van der Waals surface area contributed by atoms with Crippen molar-refractivity contribution >= 4 is 11.7 Å². The molecule has 1 saturated carbocycles. The molecule has 104 valence electrons. The molecule has 7 nitrogen and oxygen atoms in total. The Bertz CT molecular complexity index is 576. The molecule has 0 bridgehead atoms. The fourth-order valence-electron chi connectivity index (χ4n) is 2.46. The van der Waals surface area contributed by atoms with Gasteiger partial charge in [-0.25, -0.2) is 19.6 Å². The molecule has 7 heteroatoms. The summed E-state index contributed by atoms with van der Waals surface area (Å²) in [5.74, 6) is 1.24. The van der Waals surface area contributed by atoms with Crippen LogP contribution in [0.25, 0.3) is 5.82 Å². The third-order valence-electron chi connectivity index (χ3n) is 3.53. The van der Waals surface area contributed by atoms with E-state index < -0.39 is 0 Å². The minimum atomic E-state index is 0.0490. The molecular formula is C13H16N6O. The Morgan fingerprint density at radius 1 is 1.20 bits per heavy atom. The second kappa shape index (κ2) is 5.77. The normalized spacial score (nSPS) is 16.0. The summed E-state index contributed by atoms with van der Waals surface area (Å²) in [5.41, 5.74) is 0. The van der Waals surface area contributed by atoms with E-state index in [1.807, 2.05) is 0 Å². The number of carbonyl (C=O) groups excluding carboxylic acids is 1. The first kappa shape index (κ1) is 12.7. The van der Waals surface area contributed by atoms with Crippen molar-refractivity contribution in [2.24, 2.45) is 5.92 Å². The molecule has 0 unspecified atom stereocenters. The number of hydrogen-bond donors (Lipinski definition) is 1. The van der Waals surface area contributed by atoms with E-state index >= 15 is 0 Å². The SMILES string of the molecule is O=C(Nc1cc(-n2cncn2)ncn1)C1CCCCC1. The molecule has 2 aromatic rings. The molecular weight excluding hydrogens is 256 g/mol. The van der Waals surface area contributed by atoms with E-state index in [0.717, 1.165) is 25.7 Å². The first-order valence-corrected chi connectivity index (χ1v) is 6.81. The minimum absolute atomic E-state index is 0.0490. The summed E-state index contributed by atoms with van der Waals surface area (Å²) in [6, 6.07) is 1.69. The average Bonchev–Trinajstić information content (AvgIpc) is 3.03. The Kier molecular flexibility index (Phi) is 3.67. The zero-order chi connectivity index (χ0) is 13.8. The molecule has 1 amide bonds. The summed E-state index contributed by atoms with van der Waals surface area (Å²) in [4.78, 5) is 24.2. The Hall–Kier alpha value is -2.31. The van der Waals surface area contributed by atoms with Crippen LogP contribution in [0.1, 0.15) is 32.1 Å². The molecule has 2 aromatic heterocycles. The van der Waals surface area contributed by atoms with Crippen molar-refractivity contribution in [3.05, 3.63) is 25.0 Å². The van der Waals surface area contributed by atoms with Crippen LogP contribution in [0.5, 0.6) is 0 Å². The Morgan fingerprint density at radius 2 is 2.05 bits per heavy atom. The van der Waals surface area contributed by atoms with Gasteiger partial charge >= 0.3 is 0 Å². The van der Waals surface area contributed by atoms with Crippen molar-refractivity contribution < 1.29 is 4.79 Å². The van der Waals surface area contributed by atoms with Gasteiger partial charge in [0.25, 0.3) is 0 Å². The van der Waals surface area contributed by atoms with Gasteiger partial charge in [-0.15, -0.1) is 0 Å². The summed E-state index contributed by atoms with van der Waals surface area (Å²) in [7, 11) is 0. The highest BCUT2D eigenvalue weighted by atomic mass is 16.1. The molecule has 0 atom stereocenters. The van der Waals surface area contributed by atoms with E-state index in [1.165, 1.54) is 23.8 Å². The Morgan fingerprint density at radius 3 is 2.80 bits per heavy atom. The summed E-state index contributed by atoms with van der Waals surface area (Å²) in [6.45, 7) is 0. The number of rotatable bonds is 3. The van der Waals surface area contributed by atoms with Gasteiger partial charge in [-0.2, -0.15) is 5.10 Å². The quantitative estimate of drug-likeness (QED) is 0.916. The van der Waals surface area contributed by atoms with E-state index in [4.69, 9.17) is 0 Å². The number of aromatic nitrogens is 5. The minimum Gasteiger partial charge on any atom is -0.310 e. The third kappa shape index (κ3) is 2.81. The highest BCUT2D eigenvalue weighted by Gasteiger charge is 2.21. The number of hydrogen-bond acceptors (Lipinski definition) is 5. The van der Waals surface area contributed by atoms with Gasteiger partial charge in [-0.05, 0) is 12.8 Å². The van der Waals surface area contributed by atoms with Crippen LogP contribution in [0.3, 0.4) is 0 Å². The molecule has 0 saturated heterocycles. The lowest BCUT2D eigenvalue weighted by Gasteiger charge is -2.20. The highest BCUT2D eigenvalue weighted by molar-refractivity contribution is 5.91. The molecule has 1 aliphatic rings. The van der Waals surface area contributed by atoms with E-state index in [-0.39, 0.29) is 11.8 Å². The van der Waals surface area contributed by atoms with Crippen LogP contribution in [0.4, 0.5) is 5.82 Å². The summed E-state index contributed by atoms with van der Waals surface area (Å²) >= 11 is 0. The molecule has 0 spiro atoms. The third-order valence-corrected chi connectivity index (χ3v) is 3.53. The van der Waals surface area contributed by atoms with Crippen molar-refractivity contribution in [2.75, 3.05) is 5.32 Å². The molecule has 1 N–H and O–H groups in total. The fraction of sp³-hybridized carbons (Fsp3) is 0.462. The number of anilines is 1. The van der Waals surface area contributed by atoms with Crippen LogP contribution < -0.4 is 5.32 Å². The molecule has 0 radical (unpaired) electrons. The number of nitrogens with one attached hydrogen (secondary N) is 1. The van der Waals surface area contributed by atoms with Crippen molar-refractivity contribution in [3.8, 4) is 5.82 Å². The van der Waals surface area contributed by atoms with Crippen LogP contribution in [0.2, 0.25) is 0 Å². The molecule has 0 aromatic carbocycles. The first-order chi connectivity index (χ1) is 9.83. The van der Waals surface area contributed by atoms with Crippen LogP contribution in [-0.2, 0) is 4.79 Å². The van der Waals surface area contributed by atoms with Crippen molar-refractivity contribution in [3.63, 3.8) is 0 Å².